The summed E-state index contributed by atoms with van der Waals surface area (Å²) in [7, 11) is 0. The lowest BCUT2D eigenvalue weighted by atomic mass is 9.91. The summed E-state index contributed by atoms with van der Waals surface area (Å²) in [5.74, 6) is 6.17. The molecule has 0 aromatic heterocycles. The molecule has 0 bridgehead atoms. The summed E-state index contributed by atoms with van der Waals surface area (Å²) in [6, 6.07) is 8.90. The molecule has 3 unspecified atom stereocenters. The molecule has 17 heavy (non-hydrogen) atoms. The van der Waals surface area contributed by atoms with Crippen molar-refractivity contribution in [2.75, 3.05) is 6.61 Å². The van der Waals surface area contributed by atoms with Gasteiger partial charge in [-0.3, -0.25) is 11.3 Å². The molecular weight excluding hydrogens is 212 g/mol. The highest BCUT2D eigenvalue weighted by atomic mass is 16.5. The Kier molecular flexibility index (Phi) is 4.15. The zero-order chi connectivity index (χ0) is 12.3. The van der Waals surface area contributed by atoms with E-state index in [1.165, 1.54) is 11.1 Å². The normalized spacial score (nSPS) is 26.1. The van der Waals surface area contributed by atoms with Gasteiger partial charge in [0.15, 0.2) is 0 Å². The van der Waals surface area contributed by atoms with E-state index in [1.807, 2.05) is 0 Å². The molecule has 1 fully saturated rings. The van der Waals surface area contributed by atoms with E-state index in [1.54, 1.807) is 0 Å². The van der Waals surface area contributed by atoms with Crippen molar-refractivity contribution in [2.24, 2.45) is 11.8 Å². The number of nitrogens with one attached hydrogen (secondary N) is 1. The minimum atomic E-state index is 0.200. The van der Waals surface area contributed by atoms with Gasteiger partial charge in [0, 0.05) is 5.92 Å². The molecule has 1 aliphatic heterocycles. The molecule has 3 nitrogen and oxygen atoms in total. The molecule has 3 N–H and O–H groups in total. The molecule has 3 atom stereocenters. The van der Waals surface area contributed by atoms with Gasteiger partial charge in [-0.15, -0.1) is 0 Å². The van der Waals surface area contributed by atoms with Crippen molar-refractivity contribution in [3.05, 3.63) is 35.4 Å². The predicted molar refractivity (Wildman–Crippen MR) is 69.4 cm³/mol. The Morgan fingerprint density at radius 3 is 2.59 bits per heavy atom. The average molecular weight is 234 g/mol. The lowest BCUT2D eigenvalue weighted by Gasteiger charge is -2.22. The summed E-state index contributed by atoms with van der Waals surface area (Å²) in [6.45, 7) is 5.08. The molecule has 1 aliphatic rings. The molecule has 0 spiro atoms. The smallest absolute Gasteiger partial charge is 0.0551 e. The van der Waals surface area contributed by atoms with Gasteiger partial charge in [0.2, 0.25) is 0 Å². The number of hydrogen-bond acceptors (Lipinski definition) is 3. The molecule has 2 rings (SSSR count). The maximum atomic E-state index is 5.70. The first-order chi connectivity index (χ1) is 8.24. The number of hydrogen-bond donors (Lipinski definition) is 2. The standard InChI is InChI=1S/C14H22N2O/c1-3-11-4-6-12(7-5-11)14(16-15)13-8-10(2)17-9-13/h4-7,10,13-14,16H,3,8-9,15H2,1-2H3. The van der Waals surface area contributed by atoms with E-state index < -0.39 is 0 Å². The summed E-state index contributed by atoms with van der Waals surface area (Å²) in [4.78, 5) is 0. The van der Waals surface area contributed by atoms with E-state index in [9.17, 15) is 0 Å². The van der Waals surface area contributed by atoms with Crippen LogP contribution in [-0.2, 0) is 11.2 Å². The summed E-state index contributed by atoms with van der Waals surface area (Å²) < 4.78 is 5.62. The van der Waals surface area contributed by atoms with Gasteiger partial charge in [-0.25, -0.2) is 0 Å². The van der Waals surface area contributed by atoms with Crippen LogP contribution in [0.1, 0.15) is 37.4 Å². The van der Waals surface area contributed by atoms with Gasteiger partial charge in [-0.2, -0.15) is 0 Å². The van der Waals surface area contributed by atoms with Crippen LogP contribution in [0.4, 0.5) is 0 Å². The molecule has 94 valence electrons. The first kappa shape index (κ1) is 12.6. The van der Waals surface area contributed by atoms with Crippen LogP contribution in [-0.4, -0.2) is 12.7 Å². The first-order valence-electron chi connectivity index (χ1n) is 6.41. The molecule has 1 aromatic rings. The average Bonchev–Trinajstić information content (AvgIpc) is 2.78. The minimum absolute atomic E-state index is 0.200. The Labute approximate surface area is 103 Å². The zero-order valence-corrected chi connectivity index (χ0v) is 10.6. The first-order valence-corrected chi connectivity index (χ1v) is 6.41. The predicted octanol–water partition coefficient (Wildman–Crippen LogP) is 2.18. The third-order valence-corrected chi connectivity index (χ3v) is 3.63. The summed E-state index contributed by atoms with van der Waals surface area (Å²) in [6.07, 6.45) is 2.50. The van der Waals surface area contributed by atoms with Crippen LogP contribution in [0.15, 0.2) is 24.3 Å². The van der Waals surface area contributed by atoms with Crippen molar-refractivity contribution in [1.29, 1.82) is 0 Å². The zero-order valence-electron chi connectivity index (χ0n) is 10.6. The Hall–Kier alpha value is -0.900. The van der Waals surface area contributed by atoms with Gasteiger partial charge in [0.05, 0.1) is 18.8 Å². The number of hydrazine groups is 1. The van der Waals surface area contributed by atoms with Gasteiger partial charge in [0.25, 0.3) is 0 Å². The largest absolute Gasteiger partial charge is 0.378 e. The Morgan fingerprint density at radius 1 is 1.41 bits per heavy atom. The second kappa shape index (κ2) is 5.63. The van der Waals surface area contributed by atoms with Gasteiger partial charge in [-0.05, 0) is 30.9 Å². The summed E-state index contributed by atoms with van der Waals surface area (Å²) in [5, 5.41) is 0. The fraction of sp³-hybridized carbons (Fsp3) is 0.571. The molecule has 0 aliphatic carbocycles. The van der Waals surface area contributed by atoms with E-state index in [0.717, 1.165) is 19.4 Å². The molecule has 3 heteroatoms. The topological polar surface area (TPSA) is 47.3 Å². The van der Waals surface area contributed by atoms with Crippen molar-refractivity contribution in [3.8, 4) is 0 Å². The van der Waals surface area contributed by atoms with Gasteiger partial charge >= 0.3 is 0 Å². The van der Waals surface area contributed by atoms with Gasteiger partial charge in [-0.1, -0.05) is 31.2 Å². The Balaban J connectivity index is 2.11. The summed E-state index contributed by atoms with van der Waals surface area (Å²) in [5.41, 5.74) is 5.56. The van der Waals surface area contributed by atoms with E-state index in [4.69, 9.17) is 10.6 Å². The number of benzene rings is 1. The van der Waals surface area contributed by atoms with Gasteiger partial charge < -0.3 is 4.74 Å². The summed E-state index contributed by atoms with van der Waals surface area (Å²) >= 11 is 0. The SMILES string of the molecule is CCc1ccc(C(NN)C2COC(C)C2)cc1. The molecule has 1 heterocycles. The van der Waals surface area contributed by atoms with Crippen LogP contribution in [0.5, 0.6) is 0 Å². The van der Waals surface area contributed by atoms with E-state index in [-0.39, 0.29) is 6.04 Å². The van der Waals surface area contributed by atoms with Crippen molar-refractivity contribution in [3.63, 3.8) is 0 Å². The maximum absolute atomic E-state index is 5.70. The van der Waals surface area contributed by atoms with Crippen LogP contribution in [0.2, 0.25) is 0 Å². The number of aryl methyl sites for hydroxylation is 1. The number of rotatable bonds is 4. The lowest BCUT2D eigenvalue weighted by Crippen LogP contribution is -2.34. The van der Waals surface area contributed by atoms with E-state index in [2.05, 4.69) is 43.5 Å². The highest BCUT2D eigenvalue weighted by Crippen LogP contribution is 2.31. The van der Waals surface area contributed by atoms with Crippen LogP contribution in [0.25, 0.3) is 0 Å². The Morgan fingerprint density at radius 2 is 2.12 bits per heavy atom. The van der Waals surface area contributed by atoms with Crippen molar-refractivity contribution in [2.45, 2.75) is 38.8 Å². The lowest BCUT2D eigenvalue weighted by molar-refractivity contribution is 0.117. The van der Waals surface area contributed by atoms with E-state index in [0.29, 0.717) is 12.0 Å². The monoisotopic (exact) mass is 234 g/mol. The number of ether oxygens (including phenoxy) is 1. The van der Waals surface area contributed by atoms with E-state index >= 15 is 0 Å². The molecule has 0 radical (unpaired) electrons. The Bertz CT molecular complexity index is 350. The highest BCUT2D eigenvalue weighted by molar-refractivity contribution is 5.25. The highest BCUT2D eigenvalue weighted by Gasteiger charge is 2.29. The number of nitrogens with two attached hydrogens (primary N) is 1. The third kappa shape index (κ3) is 2.86. The fourth-order valence-corrected chi connectivity index (χ4v) is 2.55. The molecule has 0 amide bonds. The van der Waals surface area contributed by atoms with Crippen molar-refractivity contribution < 1.29 is 4.74 Å². The fourth-order valence-electron chi connectivity index (χ4n) is 2.55. The second-order valence-corrected chi connectivity index (χ2v) is 4.88. The second-order valence-electron chi connectivity index (χ2n) is 4.88. The molecule has 1 saturated heterocycles. The van der Waals surface area contributed by atoms with Crippen molar-refractivity contribution >= 4 is 0 Å². The molecule has 1 aromatic carbocycles. The van der Waals surface area contributed by atoms with Crippen molar-refractivity contribution in [1.82, 2.24) is 5.43 Å². The third-order valence-electron chi connectivity index (χ3n) is 3.63. The van der Waals surface area contributed by atoms with Crippen LogP contribution in [0.3, 0.4) is 0 Å². The van der Waals surface area contributed by atoms with Crippen LogP contribution in [0, 0.1) is 5.92 Å². The quantitative estimate of drug-likeness (QED) is 0.620. The molecule has 0 saturated carbocycles. The molecular formula is C14H22N2O. The maximum Gasteiger partial charge on any atom is 0.0551 e. The van der Waals surface area contributed by atoms with Gasteiger partial charge in [0.1, 0.15) is 0 Å². The minimum Gasteiger partial charge on any atom is -0.378 e. The van der Waals surface area contributed by atoms with Crippen LogP contribution < -0.4 is 11.3 Å². The van der Waals surface area contributed by atoms with Crippen LogP contribution >= 0.6 is 0 Å².